The highest BCUT2D eigenvalue weighted by Gasteiger charge is 2.21. The van der Waals surface area contributed by atoms with Gasteiger partial charge in [0.25, 0.3) is 0 Å². The van der Waals surface area contributed by atoms with Crippen LogP contribution in [0.15, 0.2) is 30.3 Å². The van der Waals surface area contributed by atoms with Gasteiger partial charge in [-0.1, -0.05) is 43.8 Å². The third kappa shape index (κ3) is 7.54. The van der Waals surface area contributed by atoms with E-state index in [1.807, 2.05) is 0 Å². The van der Waals surface area contributed by atoms with Gasteiger partial charge in [0.15, 0.2) is 0 Å². The Hall–Kier alpha value is -1.46. The van der Waals surface area contributed by atoms with E-state index < -0.39 is 13.3 Å². The van der Waals surface area contributed by atoms with Gasteiger partial charge in [0, 0.05) is 0 Å². The first-order valence-electron chi connectivity index (χ1n) is 6.42. The molecule has 0 aliphatic rings. The zero-order valence-electron chi connectivity index (χ0n) is 10.7. The number of carbonyl (C=O) groups is 1. The molecule has 0 amide bonds. The monoisotopic (exact) mass is 273 g/mol. The summed E-state index contributed by atoms with van der Waals surface area (Å²) in [5.74, 6) is -0.390. The number of esters is 1. The molecule has 0 aliphatic carbocycles. The standard InChI is InChI=1S/C13H17BF3O2/c15-14(16,17)10-6-1-2-7-11-19-13(18)12-8-4-3-5-9-12/h3-5,8-9H,1-2,6-7,10-11H2/q-1. The SMILES string of the molecule is O=C(OCCCCCC[B-](F)(F)F)c1ccccc1. The number of hydrogen-bond donors (Lipinski definition) is 0. The number of hydrogen-bond acceptors (Lipinski definition) is 2. The third-order valence-corrected chi connectivity index (χ3v) is 2.67. The Bertz CT molecular complexity index is 379. The van der Waals surface area contributed by atoms with Crippen LogP contribution >= 0.6 is 0 Å². The first-order valence-corrected chi connectivity index (χ1v) is 6.42. The highest BCUT2D eigenvalue weighted by Crippen LogP contribution is 2.19. The van der Waals surface area contributed by atoms with E-state index in [9.17, 15) is 17.7 Å². The van der Waals surface area contributed by atoms with Gasteiger partial charge in [-0.25, -0.2) is 4.79 Å². The summed E-state index contributed by atoms with van der Waals surface area (Å²) in [6, 6.07) is 8.62. The van der Waals surface area contributed by atoms with Crippen molar-refractivity contribution in [2.24, 2.45) is 0 Å². The Morgan fingerprint density at radius 2 is 1.63 bits per heavy atom. The van der Waals surface area contributed by atoms with Gasteiger partial charge in [-0.3, -0.25) is 0 Å². The quantitative estimate of drug-likeness (QED) is 0.402. The van der Waals surface area contributed by atoms with Crippen molar-refractivity contribution in [3.63, 3.8) is 0 Å². The van der Waals surface area contributed by atoms with Crippen molar-refractivity contribution in [1.29, 1.82) is 0 Å². The molecule has 0 saturated carbocycles. The van der Waals surface area contributed by atoms with Gasteiger partial charge in [-0.05, 0) is 18.6 Å². The molecule has 0 aliphatic heterocycles. The van der Waals surface area contributed by atoms with Crippen molar-refractivity contribution < 1.29 is 22.5 Å². The van der Waals surface area contributed by atoms with Crippen molar-refractivity contribution in [3.05, 3.63) is 35.9 Å². The van der Waals surface area contributed by atoms with Crippen molar-refractivity contribution >= 4 is 12.9 Å². The van der Waals surface area contributed by atoms with Gasteiger partial charge in [-0.15, -0.1) is 0 Å². The summed E-state index contributed by atoms with van der Waals surface area (Å²) in [6.45, 7) is -4.40. The molecule has 1 rings (SSSR count). The molecule has 0 heterocycles. The minimum atomic E-state index is -4.66. The fourth-order valence-electron chi connectivity index (χ4n) is 1.65. The second-order valence-corrected chi connectivity index (χ2v) is 4.42. The van der Waals surface area contributed by atoms with Crippen molar-refractivity contribution in [3.8, 4) is 0 Å². The van der Waals surface area contributed by atoms with Crippen LogP contribution in [0.5, 0.6) is 0 Å². The Balaban J connectivity index is 2.04. The molecule has 19 heavy (non-hydrogen) atoms. The minimum Gasteiger partial charge on any atom is -0.462 e. The zero-order chi connectivity index (χ0) is 14.1. The molecule has 1 aromatic rings. The van der Waals surface area contributed by atoms with Crippen molar-refractivity contribution in [1.82, 2.24) is 0 Å². The molecule has 6 heteroatoms. The normalized spacial score (nSPS) is 11.3. The van der Waals surface area contributed by atoms with E-state index in [2.05, 4.69) is 0 Å². The molecule has 0 spiro atoms. The number of benzene rings is 1. The molecule has 2 nitrogen and oxygen atoms in total. The third-order valence-electron chi connectivity index (χ3n) is 2.67. The molecule has 1 aromatic carbocycles. The van der Waals surface area contributed by atoms with Gasteiger partial charge < -0.3 is 17.7 Å². The van der Waals surface area contributed by atoms with Crippen LogP contribution in [0.3, 0.4) is 0 Å². The lowest BCUT2D eigenvalue weighted by molar-refractivity contribution is 0.0498. The van der Waals surface area contributed by atoms with E-state index >= 15 is 0 Å². The Labute approximate surface area is 111 Å². The number of rotatable bonds is 8. The Morgan fingerprint density at radius 1 is 1.00 bits per heavy atom. The van der Waals surface area contributed by atoms with Crippen LogP contribution in [-0.4, -0.2) is 19.6 Å². The number of ether oxygens (including phenoxy) is 1. The van der Waals surface area contributed by atoms with Crippen LogP contribution < -0.4 is 0 Å². The topological polar surface area (TPSA) is 26.3 Å². The second kappa shape index (κ2) is 7.87. The molecular weight excluding hydrogens is 256 g/mol. The highest BCUT2D eigenvalue weighted by atomic mass is 19.4. The van der Waals surface area contributed by atoms with Crippen molar-refractivity contribution in [2.75, 3.05) is 6.61 Å². The molecule has 0 fully saturated rings. The average molecular weight is 273 g/mol. The number of carbonyl (C=O) groups excluding carboxylic acids is 1. The van der Waals surface area contributed by atoms with Gasteiger partial charge in [0.05, 0.1) is 12.2 Å². The van der Waals surface area contributed by atoms with E-state index in [1.165, 1.54) is 0 Å². The van der Waals surface area contributed by atoms with Crippen molar-refractivity contribution in [2.45, 2.75) is 32.0 Å². The van der Waals surface area contributed by atoms with E-state index in [0.29, 0.717) is 24.8 Å². The smallest absolute Gasteiger partial charge is 0.462 e. The van der Waals surface area contributed by atoms with Crippen LogP contribution in [0, 0.1) is 0 Å². The number of unbranched alkanes of at least 4 members (excludes halogenated alkanes) is 3. The summed E-state index contributed by atoms with van der Waals surface area (Å²) in [6.07, 6.45) is 1.25. The van der Waals surface area contributed by atoms with Gasteiger partial charge in [0.1, 0.15) is 0 Å². The van der Waals surface area contributed by atoms with E-state index in [-0.39, 0.29) is 19.0 Å². The summed E-state index contributed by atoms with van der Waals surface area (Å²) >= 11 is 0. The maximum Gasteiger partial charge on any atom is 0.478 e. The second-order valence-electron chi connectivity index (χ2n) is 4.42. The number of halogens is 3. The van der Waals surface area contributed by atoms with Crippen LogP contribution in [0.1, 0.15) is 36.0 Å². The largest absolute Gasteiger partial charge is 0.478 e. The summed E-state index contributed by atoms with van der Waals surface area (Å²) in [5.41, 5.74) is 0.488. The lowest BCUT2D eigenvalue weighted by atomic mass is 9.83. The lowest BCUT2D eigenvalue weighted by Gasteiger charge is -2.12. The maximum absolute atomic E-state index is 11.9. The lowest BCUT2D eigenvalue weighted by Crippen LogP contribution is -2.13. The average Bonchev–Trinajstić information content (AvgIpc) is 2.37. The summed E-state index contributed by atoms with van der Waals surface area (Å²) in [5, 5.41) is 0. The fraction of sp³-hybridized carbons (Fsp3) is 0.462. The first kappa shape index (κ1) is 15.6. The first-order chi connectivity index (χ1) is 8.99. The van der Waals surface area contributed by atoms with E-state index in [4.69, 9.17) is 4.74 Å². The van der Waals surface area contributed by atoms with Gasteiger partial charge in [0.2, 0.25) is 0 Å². The molecule has 106 valence electrons. The van der Waals surface area contributed by atoms with Gasteiger partial charge in [-0.2, -0.15) is 0 Å². The van der Waals surface area contributed by atoms with E-state index in [0.717, 1.165) is 0 Å². The summed E-state index contributed by atoms with van der Waals surface area (Å²) < 4.78 is 40.8. The maximum atomic E-state index is 11.9. The molecular formula is C13H17BF3O2-. The van der Waals surface area contributed by atoms with Crippen LogP contribution in [-0.2, 0) is 4.74 Å². The van der Waals surface area contributed by atoms with Gasteiger partial charge >= 0.3 is 12.9 Å². The van der Waals surface area contributed by atoms with Crippen LogP contribution in [0.25, 0.3) is 0 Å². The zero-order valence-corrected chi connectivity index (χ0v) is 10.7. The van der Waals surface area contributed by atoms with E-state index in [1.54, 1.807) is 30.3 Å². The predicted molar refractivity (Wildman–Crippen MR) is 69.1 cm³/mol. The predicted octanol–water partition coefficient (Wildman–Crippen LogP) is 4.25. The fourth-order valence-corrected chi connectivity index (χ4v) is 1.65. The molecule has 0 radical (unpaired) electrons. The van der Waals surface area contributed by atoms with Crippen LogP contribution in [0.4, 0.5) is 12.9 Å². The minimum absolute atomic E-state index is 0.163. The Morgan fingerprint density at radius 3 is 2.26 bits per heavy atom. The molecule has 0 N–H and O–H groups in total. The molecule has 0 atom stereocenters. The molecule has 0 saturated heterocycles. The summed E-state index contributed by atoms with van der Waals surface area (Å²) in [7, 11) is 0. The Kier molecular flexibility index (Phi) is 6.46. The highest BCUT2D eigenvalue weighted by molar-refractivity contribution is 6.58. The van der Waals surface area contributed by atoms with Crippen LogP contribution in [0.2, 0.25) is 6.32 Å². The molecule has 0 unspecified atom stereocenters. The summed E-state index contributed by atoms with van der Waals surface area (Å²) in [4.78, 5) is 11.5. The molecule has 0 aromatic heterocycles. The molecule has 0 bridgehead atoms.